The zero-order valence-electron chi connectivity index (χ0n) is 31.3. The van der Waals surface area contributed by atoms with Crippen molar-refractivity contribution in [2.24, 2.45) is 0 Å². The van der Waals surface area contributed by atoms with Gasteiger partial charge < -0.3 is 15.2 Å². The Morgan fingerprint density at radius 1 is 0.571 bits per heavy atom. The number of aliphatic carboxylic acids is 1. The first-order valence-corrected chi connectivity index (χ1v) is 19.6. The summed E-state index contributed by atoms with van der Waals surface area (Å²) in [6.07, 6.45) is 50.3. The van der Waals surface area contributed by atoms with Crippen molar-refractivity contribution >= 4 is 17.8 Å². The molecule has 0 fully saturated rings. The Bertz CT molecular complexity index is 975. The normalized spacial score (nSPS) is 12.9. The minimum absolute atomic E-state index is 0.115. The number of carbonyl (C=O) groups excluding carboxylic acids is 2. The maximum atomic E-state index is 12.6. The van der Waals surface area contributed by atoms with Crippen LogP contribution in [0.1, 0.15) is 168 Å². The largest absolute Gasteiger partial charge is 0.480 e. The lowest BCUT2D eigenvalue weighted by Crippen LogP contribution is -2.28. The van der Waals surface area contributed by atoms with Crippen molar-refractivity contribution in [3.8, 4) is 0 Å². The van der Waals surface area contributed by atoms with Crippen LogP contribution in [0, 0.1) is 0 Å². The summed E-state index contributed by atoms with van der Waals surface area (Å²) in [5, 5.41) is 11.1. The zero-order chi connectivity index (χ0) is 35.9. The highest BCUT2D eigenvalue weighted by molar-refractivity contribution is 5.80. The Kier molecular flexibility index (Phi) is 35.2. The highest BCUT2D eigenvalue weighted by Crippen LogP contribution is 2.14. The Balaban J connectivity index is 4.20. The molecule has 1 unspecified atom stereocenters. The minimum Gasteiger partial charge on any atom is -0.480 e. The molecule has 0 aliphatic heterocycles. The minimum atomic E-state index is -1.03. The molecule has 0 aromatic heterocycles. The Morgan fingerprint density at radius 2 is 1.06 bits per heavy atom. The van der Waals surface area contributed by atoms with E-state index < -0.39 is 5.97 Å². The molecule has 6 heteroatoms. The molecule has 278 valence electrons. The summed E-state index contributed by atoms with van der Waals surface area (Å²) in [5.74, 6) is -1.37. The number of ether oxygens (including phenoxy) is 1. The zero-order valence-corrected chi connectivity index (χ0v) is 31.3. The number of nitrogens with one attached hydrogen (secondary N) is 1. The fourth-order valence-electron chi connectivity index (χ4n) is 5.22. The lowest BCUT2D eigenvalue weighted by Gasteiger charge is -2.14. The second-order valence-electron chi connectivity index (χ2n) is 12.8. The summed E-state index contributed by atoms with van der Waals surface area (Å²) < 4.78 is 5.87. The smallest absolute Gasteiger partial charge is 0.322 e. The molecule has 0 aliphatic carbocycles. The molecule has 2 N–H and O–H groups in total. The van der Waals surface area contributed by atoms with Crippen molar-refractivity contribution in [1.82, 2.24) is 5.32 Å². The maximum absolute atomic E-state index is 12.6. The van der Waals surface area contributed by atoms with E-state index >= 15 is 0 Å². The summed E-state index contributed by atoms with van der Waals surface area (Å²) in [5.41, 5.74) is 0. The topological polar surface area (TPSA) is 92.7 Å². The number of carbonyl (C=O) groups is 3. The molecule has 1 amide bonds. The van der Waals surface area contributed by atoms with E-state index in [1.165, 1.54) is 44.9 Å². The van der Waals surface area contributed by atoms with Gasteiger partial charge >= 0.3 is 11.9 Å². The molecule has 0 rings (SSSR count). The molecule has 0 aliphatic rings. The molecule has 0 aromatic carbocycles. The highest BCUT2D eigenvalue weighted by Gasteiger charge is 2.11. The van der Waals surface area contributed by atoms with Crippen molar-refractivity contribution in [1.29, 1.82) is 0 Å². The van der Waals surface area contributed by atoms with Crippen LogP contribution < -0.4 is 5.32 Å². The third kappa shape index (κ3) is 37.5. The van der Waals surface area contributed by atoms with Crippen LogP contribution in [0.15, 0.2) is 72.9 Å². The van der Waals surface area contributed by atoms with Gasteiger partial charge in [0.2, 0.25) is 5.91 Å². The van der Waals surface area contributed by atoms with Crippen molar-refractivity contribution in [2.45, 2.75) is 174 Å². The van der Waals surface area contributed by atoms with Gasteiger partial charge in [0, 0.05) is 12.8 Å². The SMILES string of the molecule is CC/C=C\C/C=C\C/C=C\C/C=C\CCCCCCCCC(=O)OC(/C=C\C/C=C\CCCCCC)CCCCCCC(=O)NCC(=O)O. The van der Waals surface area contributed by atoms with Crippen LogP contribution in [0.4, 0.5) is 0 Å². The molecule has 0 aromatic rings. The lowest BCUT2D eigenvalue weighted by atomic mass is 10.1. The quantitative estimate of drug-likeness (QED) is 0.0400. The van der Waals surface area contributed by atoms with Crippen LogP contribution in [0.25, 0.3) is 0 Å². The summed E-state index contributed by atoms with van der Waals surface area (Å²) in [4.78, 5) is 34.9. The third-order valence-electron chi connectivity index (χ3n) is 8.10. The number of esters is 1. The number of amides is 1. The average molecular weight is 682 g/mol. The summed E-state index contributed by atoms with van der Waals surface area (Å²) >= 11 is 0. The van der Waals surface area contributed by atoms with E-state index in [0.29, 0.717) is 12.8 Å². The molecule has 0 radical (unpaired) electrons. The van der Waals surface area contributed by atoms with Crippen LogP contribution in [-0.2, 0) is 19.1 Å². The first-order valence-electron chi connectivity index (χ1n) is 19.6. The first kappa shape index (κ1) is 45.9. The molecule has 0 bridgehead atoms. The first-order chi connectivity index (χ1) is 24.0. The molecule has 49 heavy (non-hydrogen) atoms. The van der Waals surface area contributed by atoms with Gasteiger partial charge in [-0.15, -0.1) is 0 Å². The monoisotopic (exact) mass is 682 g/mol. The van der Waals surface area contributed by atoms with Gasteiger partial charge in [0.15, 0.2) is 0 Å². The van der Waals surface area contributed by atoms with Gasteiger partial charge in [-0.25, -0.2) is 0 Å². The van der Waals surface area contributed by atoms with Crippen LogP contribution in [0.2, 0.25) is 0 Å². The third-order valence-corrected chi connectivity index (χ3v) is 8.10. The summed E-state index contributed by atoms with van der Waals surface area (Å²) in [7, 11) is 0. The van der Waals surface area contributed by atoms with Gasteiger partial charge in [0.25, 0.3) is 0 Å². The second-order valence-corrected chi connectivity index (χ2v) is 12.8. The number of rotatable bonds is 34. The second kappa shape index (κ2) is 37.7. The van der Waals surface area contributed by atoms with Gasteiger partial charge in [-0.2, -0.15) is 0 Å². The lowest BCUT2D eigenvalue weighted by molar-refractivity contribution is -0.147. The Labute approximate surface area is 300 Å². The van der Waals surface area contributed by atoms with E-state index in [-0.39, 0.29) is 24.5 Å². The fourth-order valence-corrected chi connectivity index (χ4v) is 5.22. The summed E-state index contributed by atoms with van der Waals surface area (Å²) in [6.45, 7) is 4.05. The molecule has 0 saturated heterocycles. The highest BCUT2D eigenvalue weighted by atomic mass is 16.5. The summed E-state index contributed by atoms with van der Waals surface area (Å²) in [6, 6.07) is 0. The van der Waals surface area contributed by atoms with Crippen molar-refractivity contribution in [2.75, 3.05) is 6.54 Å². The van der Waals surface area contributed by atoms with Gasteiger partial charge in [0.05, 0.1) is 0 Å². The van der Waals surface area contributed by atoms with Crippen LogP contribution in [-0.4, -0.2) is 35.6 Å². The van der Waals surface area contributed by atoms with Crippen molar-refractivity contribution in [3.63, 3.8) is 0 Å². The van der Waals surface area contributed by atoms with Crippen LogP contribution in [0.3, 0.4) is 0 Å². The van der Waals surface area contributed by atoms with E-state index in [0.717, 1.165) is 96.3 Å². The maximum Gasteiger partial charge on any atom is 0.322 e. The van der Waals surface area contributed by atoms with E-state index in [2.05, 4.69) is 86.0 Å². The number of hydrogen-bond donors (Lipinski definition) is 2. The predicted octanol–water partition coefficient (Wildman–Crippen LogP) is 11.8. The molecule has 0 saturated carbocycles. The number of allylic oxidation sites excluding steroid dienone is 11. The number of carboxylic acid groups (broad SMARTS) is 1. The van der Waals surface area contributed by atoms with Gasteiger partial charge in [-0.3, -0.25) is 14.4 Å². The fraction of sp³-hybridized carbons (Fsp3) is 0.651. The molecule has 0 heterocycles. The van der Waals surface area contributed by atoms with Gasteiger partial charge in [0.1, 0.15) is 12.6 Å². The number of unbranched alkanes of at least 4 members (excludes halogenated alkanes) is 13. The van der Waals surface area contributed by atoms with Crippen LogP contribution in [0.5, 0.6) is 0 Å². The van der Waals surface area contributed by atoms with E-state index in [1.54, 1.807) is 0 Å². The van der Waals surface area contributed by atoms with E-state index in [4.69, 9.17) is 9.84 Å². The Hall–Kier alpha value is -3.15. The Morgan fingerprint density at radius 3 is 1.65 bits per heavy atom. The average Bonchev–Trinajstić information content (AvgIpc) is 3.08. The van der Waals surface area contributed by atoms with E-state index in [9.17, 15) is 14.4 Å². The van der Waals surface area contributed by atoms with Crippen molar-refractivity contribution < 1.29 is 24.2 Å². The molecule has 0 spiro atoms. The number of hydrogen-bond acceptors (Lipinski definition) is 4. The van der Waals surface area contributed by atoms with Crippen molar-refractivity contribution in [3.05, 3.63) is 72.9 Å². The van der Waals surface area contributed by atoms with Crippen LogP contribution >= 0.6 is 0 Å². The number of carboxylic acids is 1. The molecule has 1 atom stereocenters. The molecular formula is C43H71NO5. The molecule has 6 nitrogen and oxygen atoms in total. The molecular weight excluding hydrogens is 610 g/mol. The van der Waals surface area contributed by atoms with E-state index in [1.807, 2.05) is 6.08 Å². The van der Waals surface area contributed by atoms with Gasteiger partial charge in [-0.05, 0) is 89.5 Å². The predicted molar refractivity (Wildman–Crippen MR) is 208 cm³/mol. The van der Waals surface area contributed by atoms with Gasteiger partial charge in [-0.1, -0.05) is 138 Å². The standard InChI is InChI=1S/C43H71NO5/c1-3-5-7-9-11-13-14-15-16-17-18-19-20-21-22-24-26-28-34-38-43(48)49-40(35-31-27-25-23-12-10-8-6-4-2)36-32-29-30-33-37-41(45)44-39-42(46)47/h5,7,11,13,15-16,18-19,23,25,31,35,40H,3-4,6,8-10,12,14,17,20-22,24,26-30,32-34,36-39H2,1-2H3,(H,44,45)(H,46,47)/b7-5-,13-11-,16-15-,19-18-,25-23-,35-31-.